The zero-order valence-electron chi connectivity index (χ0n) is 16.9. The average Bonchev–Trinajstić information content (AvgIpc) is 2.79. The topological polar surface area (TPSA) is 51.2 Å². The lowest BCUT2D eigenvalue weighted by molar-refractivity contribution is -0.144. The molecule has 0 unspecified atom stereocenters. The predicted molar refractivity (Wildman–Crippen MR) is 113 cm³/mol. The third-order valence-corrected chi connectivity index (χ3v) is 5.43. The van der Waals surface area contributed by atoms with Crippen LogP contribution in [-0.2, 0) is 19.0 Å². The summed E-state index contributed by atoms with van der Waals surface area (Å²) in [5.74, 6) is -0.287. The Balaban J connectivity index is 1.53. The van der Waals surface area contributed by atoms with E-state index < -0.39 is 6.10 Å². The van der Waals surface area contributed by atoms with Crippen LogP contribution < -0.4 is 9.80 Å². The van der Waals surface area contributed by atoms with E-state index in [0.717, 1.165) is 63.7 Å². The van der Waals surface area contributed by atoms with E-state index in [4.69, 9.17) is 14.2 Å². The molecular formula is C23H28N2O4. The van der Waals surface area contributed by atoms with Crippen LogP contribution in [0, 0.1) is 0 Å². The van der Waals surface area contributed by atoms with Crippen molar-refractivity contribution in [3.05, 3.63) is 59.7 Å². The van der Waals surface area contributed by atoms with Crippen molar-refractivity contribution in [2.24, 2.45) is 0 Å². The van der Waals surface area contributed by atoms with Gasteiger partial charge in [0.1, 0.15) is 0 Å². The molecule has 2 aromatic carbocycles. The van der Waals surface area contributed by atoms with E-state index in [-0.39, 0.29) is 5.97 Å². The summed E-state index contributed by atoms with van der Waals surface area (Å²) in [6, 6.07) is 16.6. The number of ether oxygens (including phenoxy) is 3. The number of nitrogens with zero attached hydrogens (tertiary/aromatic N) is 2. The van der Waals surface area contributed by atoms with Crippen LogP contribution in [0.1, 0.15) is 24.2 Å². The molecule has 0 spiro atoms. The first-order chi connectivity index (χ1) is 14.2. The van der Waals surface area contributed by atoms with Gasteiger partial charge in [-0.25, -0.2) is 0 Å². The molecule has 0 amide bonds. The first-order valence-corrected chi connectivity index (χ1v) is 10.2. The Kier molecular flexibility index (Phi) is 6.32. The summed E-state index contributed by atoms with van der Waals surface area (Å²) in [7, 11) is 0. The van der Waals surface area contributed by atoms with E-state index in [1.54, 1.807) is 0 Å². The molecule has 2 heterocycles. The van der Waals surface area contributed by atoms with E-state index in [1.165, 1.54) is 18.3 Å². The van der Waals surface area contributed by atoms with E-state index >= 15 is 0 Å². The Labute approximate surface area is 172 Å². The molecule has 6 nitrogen and oxygen atoms in total. The van der Waals surface area contributed by atoms with Gasteiger partial charge in [-0.2, -0.15) is 0 Å². The summed E-state index contributed by atoms with van der Waals surface area (Å²) >= 11 is 0. The molecule has 29 heavy (non-hydrogen) atoms. The summed E-state index contributed by atoms with van der Waals surface area (Å²) in [5.41, 5.74) is 4.27. The van der Waals surface area contributed by atoms with Crippen LogP contribution in [-0.4, -0.2) is 58.6 Å². The minimum absolute atomic E-state index is 0.287. The molecule has 4 rings (SSSR count). The van der Waals surface area contributed by atoms with Crippen LogP contribution in [0.25, 0.3) is 0 Å². The number of esters is 1. The highest BCUT2D eigenvalue weighted by molar-refractivity contribution is 5.67. The molecule has 6 heteroatoms. The van der Waals surface area contributed by atoms with Crippen LogP contribution in [0.5, 0.6) is 0 Å². The Morgan fingerprint density at radius 1 is 0.759 bits per heavy atom. The monoisotopic (exact) mass is 396 g/mol. The van der Waals surface area contributed by atoms with Crippen LogP contribution in [0.3, 0.4) is 0 Å². The Bertz CT molecular complexity index is 733. The maximum Gasteiger partial charge on any atom is 0.303 e. The van der Waals surface area contributed by atoms with Gasteiger partial charge >= 0.3 is 5.97 Å². The van der Waals surface area contributed by atoms with Gasteiger partial charge in [0.15, 0.2) is 6.10 Å². The van der Waals surface area contributed by atoms with Crippen LogP contribution in [0.15, 0.2) is 48.5 Å². The van der Waals surface area contributed by atoms with Gasteiger partial charge in [0.2, 0.25) is 0 Å². The molecule has 2 fully saturated rings. The summed E-state index contributed by atoms with van der Waals surface area (Å²) in [6.45, 7) is 8.08. The zero-order valence-corrected chi connectivity index (χ0v) is 16.9. The van der Waals surface area contributed by atoms with Crippen molar-refractivity contribution in [1.29, 1.82) is 0 Å². The fourth-order valence-electron chi connectivity index (χ4n) is 3.86. The number of carbonyl (C=O) groups is 1. The van der Waals surface area contributed by atoms with Gasteiger partial charge in [-0.1, -0.05) is 24.3 Å². The second-order valence-electron chi connectivity index (χ2n) is 7.37. The number of hydrogen-bond donors (Lipinski definition) is 0. The maximum absolute atomic E-state index is 11.8. The summed E-state index contributed by atoms with van der Waals surface area (Å²) in [5, 5.41) is 0. The largest absolute Gasteiger partial charge is 0.453 e. The SMILES string of the molecule is CC(=O)OC(c1ccc(N2CCOCC2)cc1)c1ccc(N2CCOCC2)cc1. The minimum Gasteiger partial charge on any atom is -0.453 e. The molecule has 0 saturated carbocycles. The summed E-state index contributed by atoms with van der Waals surface area (Å²) in [6.07, 6.45) is -0.412. The normalized spacial score (nSPS) is 17.4. The lowest BCUT2D eigenvalue weighted by Crippen LogP contribution is -2.36. The first-order valence-electron chi connectivity index (χ1n) is 10.2. The van der Waals surface area contributed by atoms with E-state index in [2.05, 4.69) is 34.1 Å². The fourth-order valence-corrected chi connectivity index (χ4v) is 3.86. The smallest absolute Gasteiger partial charge is 0.303 e. The van der Waals surface area contributed by atoms with Crippen LogP contribution in [0.4, 0.5) is 11.4 Å². The first kappa shape index (κ1) is 19.7. The van der Waals surface area contributed by atoms with Crippen molar-refractivity contribution in [3.63, 3.8) is 0 Å². The molecule has 2 aliphatic rings. The highest BCUT2D eigenvalue weighted by Crippen LogP contribution is 2.30. The van der Waals surface area contributed by atoms with Crippen molar-refractivity contribution < 1.29 is 19.0 Å². The second-order valence-corrected chi connectivity index (χ2v) is 7.37. The van der Waals surface area contributed by atoms with Gasteiger partial charge in [-0.05, 0) is 35.4 Å². The molecule has 0 N–H and O–H groups in total. The molecule has 0 bridgehead atoms. The van der Waals surface area contributed by atoms with Gasteiger partial charge in [-0.15, -0.1) is 0 Å². The molecule has 0 aliphatic carbocycles. The summed E-state index contributed by atoms with van der Waals surface area (Å²) < 4.78 is 16.5. The van der Waals surface area contributed by atoms with Gasteiger partial charge in [-0.3, -0.25) is 4.79 Å². The fraction of sp³-hybridized carbons (Fsp3) is 0.435. The highest BCUT2D eigenvalue weighted by Gasteiger charge is 2.19. The molecule has 2 aliphatic heterocycles. The quantitative estimate of drug-likeness (QED) is 0.725. The molecule has 2 saturated heterocycles. The number of anilines is 2. The van der Waals surface area contributed by atoms with Gasteiger partial charge in [0, 0.05) is 44.5 Å². The van der Waals surface area contributed by atoms with Gasteiger partial charge < -0.3 is 24.0 Å². The number of hydrogen-bond acceptors (Lipinski definition) is 6. The molecule has 154 valence electrons. The predicted octanol–water partition coefficient (Wildman–Crippen LogP) is 3.01. The molecule has 2 aromatic rings. The van der Waals surface area contributed by atoms with Gasteiger partial charge in [0.05, 0.1) is 26.4 Å². The van der Waals surface area contributed by atoms with Crippen LogP contribution >= 0.6 is 0 Å². The summed E-state index contributed by atoms with van der Waals surface area (Å²) in [4.78, 5) is 16.4. The number of rotatable bonds is 5. The van der Waals surface area contributed by atoms with Crippen molar-refractivity contribution >= 4 is 17.3 Å². The number of benzene rings is 2. The molecule has 0 atom stereocenters. The van der Waals surface area contributed by atoms with Crippen molar-refractivity contribution in [1.82, 2.24) is 0 Å². The van der Waals surface area contributed by atoms with Crippen molar-refractivity contribution in [2.45, 2.75) is 13.0 Å². The van der Waals surface area contributed by atoms with Crippen molar-refractivity contribution in [3.8, 4) is 0 Å². The Morgan fingerprint density at radius 2 is 1.14 bits per heavy atom. The van der Waals surface area contributed by atoms with Crippen molar-refractivity contribution in [2.75, 3.05) is 62.4 Å². The number of carbonyl (C=O) groups excluding carboxylic acids is 1. The Morgan fingerprint density at radius 3 is 1.48 bits per heavy atom. The average molecular weight is 396 g/mol. The third kappa shape index (κ3) is 4.89. The number of morpholine rings is 2. The van der Waals surface area contributed by atoms with E-state index in [9.17, 15) is 4.79 Å². The molecule has 0 aromatic heterocycles. The van der Waals surface area contributed by atoms with E-state index in [1.807, 2.05) is 24.3 Å². The maximum atomic E-state index is 11.8. The molecular weight excluding hydrogens is 368 g/mol. The van der Waals surface area contributed by atoms with E-state index in [0.29, 0.717) is 0 Å². The van der Waals surface area contributed by atoms with Gasteiger partial charge in [0.25, 0.3) is 0 Å². The standard InChI is InChI=1S/C23H28N2O4/c1-18(26)29-23(19-2-6-21(7-3-19)24-10-14-27-15-11-24)20-4-8-22(9-5-20)25-12-16-28-17-13-25/h2-9,23H,10-17H2,1H3. The Hall–Kier alpha value is -2.57. The lowest BCUT2D eigenvalue weighted by Gasteiger charge is -2.29. The minimum atomic E-state index is -0.412. The third-order valence-electron chi connectivity index (χ3n) is 5.43. The highest BCUT2D eigenvalue weighted by atomic mass is 16.5. The molecule has 0 radical (unpaired) electrons. The lowest BCUT2D eigenvalue weighted by atomic mass is 10.00. The second kappa shape index (κ2) is 9.29. The zero-order chi connectivity index (χ0) is 20.1. The van der Waals surface area contributed by atoms with Crippen LogP contribution in [0.2, 0.25) is 0 Å².